The molecule has 0 fully saturated rings. The molecule has 0 atom stereocenters. The summed E-state index contributed by atoms with van der Waals surface area (Å²) in [5.41, 5.74) is 1.95. The van der Waals surface area contributed by atoms with Crippen LogP contribution in [0.15, 0.2) is 16.6 Å². The normalized spacial score (nSPS) is 10.0. The summed E-state index contributed by atoms with van der Waals surface area (Å²) in [6, 6.07) is 3.25. The first kappa shape index (κ1) is 11.0. The summed E-state index contributed by atoms with van der Waals surface area (Å²) in [5, 5.41) is 10.7. The molecular weight excluding hydrogens is 248 g/mol. The Balaban J connectivity index is 3.41. The second kappa shape index (κ2) is 3.96. The van der Waals surface area contributed by atoms with E-state index in [-0.39, 0.29) is 5.69 Å². The number of hydrogen-bond donors (Lipinski definition) is 0. The molecule has 0 aliphatic heterocycles. The molecule has 0 saturated heterocycles. The molecule has 76 valence electrons. The Bertz CT molecular complexity index is 377. The van der Waals surface area contributed by atoms with Gasteiger partial charge in [-0.15, -0.1) is 0 Å². The van der Waals surface area contributed by atoms with Gasteiger partial charge in [0.25, 0.3) is 5.69 Å². The first-order valence-electron chi connectivity index (χ1n) is 4.06. The molecule has 5 heteroatoms. The van der Waals surface area contributed by atoms with Gasteiger partial charge in [0.15, 0.2) is 0 Å². The molecule has 0 heterocycles. The highest BCUT2D eigenvalue weighted by Gasteiger charge is 2.17. The van der Waals surface area contributed by atoms with Gasteiger partial charge in [0.2, 0.25) is 0 Å². The molecule has 0 aliphatic carbocycles. The Labute approximate surface area is 90.8 Å². The molecule has 14 heavy (non-hydrogen) atoms. The lowest BCUT2D eigenvalue weighted by molar-refractivity contribution is -0.385. The van der Waals surface area contributed by atoms with Crippen LogP contribution < -0.4 is 4.90 Å². The number of anilines is 1. The van der Waals surface area contributed by atoms with Crippen LogP contribution in [0.4, 0.5) is 11.4 Å². The maximum atomic E-state index is 10.7. The highest BCUT2D eigenvalue weighted by atomic mass is 79.9. The Hall–Kier alpha value is -1.10. The number of rotatable bonds is 2. The van der Waals surface area contributed by atoms with Gasteiger partial charge in [-0.3, -0.25) is 10.1 Å². The van der Waals surface area contributed by atoms with E-state index in [1.54, 1.807) is 6.07 Å². The Morgan fingerprint density at radius 1 is 1.43 bits per heavy atom. The molecule has 0 bridgehead atoms. The summed E-state index contributed by atoms with van der Waals surface area (Å²) < 4.78 is 0.535. The Morgan fingerprint density at radius 3 is 2.43 bits per heavy atom. The number of aryl methyl sites for hydroxylation is 1. The molecule has 4 nitrogen and oxygen atoms in total. The molecule has 0 N–H and O–H groups in total. The van der Waals surface area contributed by atoms with E-state index < -0.39 is 4.92 Å². The SMILES string of the molecule is Cc1ccc([N+](=O)[O-])c(Br)c1N(C)C. The molecule has 0 aliphatic rings. The number of hydrogen-bond acceptors (Lipinski definition) is 3. The van der Waals surface area contributed by atoms with Gasteiger partial charge in [-0.1, -0.05) is 6.07 Å². The first-order chi connectivity index (χ1) is 6.45. The van der Waals surface area contributed by atoms with Crippen LogP contribution >= 0.6 is 15.9 Å². The second-order valence-electron chi connectivity index (χ2n) is 3.22. The van der Waals surface area contributed by atoms with Crippen LogP contribution in [0.25, 0.3) is 0 Å². The molecule has 1 aromatic rings. The van der Waals surface area contributed by atoms with Crippen molar-refractivity contribution in [3.63, 3.8) is 0 Å². The molecule has 0 amide bonds. The summed E-state index contributed by atoms with van der Waals surface area (Å²) in [6.07, 6.45) is 0. The number of nitro groups is 1. The third-order valence-corrected chi connectivity index (χ3v) is 2.72. The number of nitrogens with zero attached hydrogens (tertiary/aromatic N) is 2. The fraction of sp³-hybridized carbons (Fsp3) is 0.333. The fourth-order valence-electron chi connectivity index (χ4n) is 1.34. The van der Waals surface area contributed by atoms with Crippen molar-refractivity contribution < 1.29 is 4.92 Å². The minimum atomic E-state index is -0.392. The molecule has 0 unspecified atom stereocenters. The molecule has 0 radical (unpaired) electrons. The van der Waals surface area contributed by atoms with Crippen LogP contribution in [0, 0.1) is 17.0 Å². The zero-order chi connectivity index (χ0) is 10.9. The van der Waals surface area contributed by atoms with Crippen molar-refractivity contribution in [3.8, 4) is 0 Å². The van der Waals surface area contributed by atoms with E-state index in [0.29, 0.717) is 4.47 Å². The summed E-state index contributed by atoms with van der Waals surface area (Å²) >= 11 is 3.25. The zero-order valence-corrected chi connectivity index (χ0v) is 9.83. The van der Waals surface area contributed by atoms with Crippen molar-refractivity contribution in [2.75, 3.05) is 19.0 Å². The van der Waals surface area contributed by atoms with Crippen LogP contribution in [0.2, 0.25) is 0 Å². The van der Waals surface area contributed by atoms with Gasteiger partial charge in [-0.25, -0.2) is 0 Å². The van der Waals surface area contributed by atoms with Crippen LogP contribution in [0.1, 0.15) is 5.56 Å². The Morgan fingerprint density at radius 2 is 2.00 bits per heavy atom. The summed E-state index contributed by atoms with van der Waals surface area (Å²) in [5.74, 6) is 0. The number of halogens is 1. The minimum absolute atomic E-state index is 0.0966. The molecule has 1 aromatic carbocycles. The molecule has 0 aromatic heterocycles. The molecule has 0 saturated carbocycles. The van der Waals surface area contributed by atoms with Gasteiger partial charge >= 0.3 is 0 Å². The minimum Gasteiger partial charge on any atom is -0.376 e. The standard InChI is InChI=1S/C9H11BrN2O2/c1-6-4-5-7(12(13)14)8(10)9(6)11(2)3/h4-5H,1-3H3. The number of nitro benzene ring substituents is 1. The van der Waals surface area contributed by atoms with Crippen molar-refractivity contribution in [2.45, 2.75) is 6.92 Å². The average molecular weight is 259 g/mol. The summed E-state index contributed by atoms with van der Waals surface area (Å²) in [7, 11) is 3.72. The summed E-state index contributed by atoms with van der Waals surface area (Å²) in [4.78, 5) is 12.1. The highest BCUT2D eigenvalue weighted by Crippen LogP contribution is 2.36. The van der Waals surface area contributed by atoms with Gasteiger partial charge in [0.1, 0.15) is 4.47 Å². The van der Waals surface area contributed by atoms with E-state index in [9.17, 15) is 10.1 Å². The van der Waals surface area contributed by atoms with Crippen LogP contribution in [-0.4, -0.2) is 19.0 Å². The van der Waals surface area contributed by atoms with Crippen molar-refractivity contribution in [2.24, 2.45) is 0 Å². The predicted octanol–water partition coefficient (Wildman–Crippen LogP) is 2.73. The monoisotopic (exact) mass is 258 g/mol. The topological polar surface area (TPSA) is 46.4 Å². The zero-order valence-electron chi connectivity index (χ0n) is 8.24. The van der Waals surface area contributed by atoms with E-state index in [1.165, 1.54) is 6.07 Å². The molecule has 0 spiro atoms. The molecule has 1 rings (SSSR count). The quantitative estimate of drug-likeness (QED) is 0.606. The lowest BCUT2D eigenvalue weighted by Crippen LogP contribution is -2.11. The van der Waals surface area contributed by atoms with Gasteiger partial charge in [0.05, 0.1) is 10.6 Å². The third-order valence-electron chi connectivity index (χ3n) is 1.94. The third kappa shape index (κ3) is 1.87. The fourth-order valence-corrected chi connectivity index (χ4v) is 2.28. The second-order valence-corrected chi connectivity index (χ2v) is 4.01. The van der Waals surface area contributed by atoms with E-state index >= 15 is 0 Å². The number of benzene rings is 1. The molecular formula is C9H11BrN2O2. The maximum absolute atomic E-state index is 10.7. The largest absolute Gasteiger partial charge is 0.376 e. The van der Waals surface area contributed by atoms with E-state index in [0.717, 1.165) is 11.3 Å². The lowest BCUT2D eigenvalue weighted by Gasteiger charge is -2.17. The van der Waals surface area contributed by atoms with Crippen molar-refractivity contribution in [1.29, 1.82) is 0 Å². The van der Waals surface area contributed by atoms with Crippen LogP contribution in [-0.2, 0) is 0 Å². The summed E-state index contributed by atoms with van der Waals surface area (Å²) in [6.45, 7) is 1.92. The smallest absolute Gasteiger partial charge is 0.285 e. The maximum Gasteiger partial charge on any atom is 0.285 e. The van der Waals surface area contributed by atoms with Crippen molar-refractivity contribution >= 4 is 27.3 Å². The van der Waals surface area contributed by atoms with Crippen molar-refractivity contribution in [3.05, 3.63) is 32.3 Å². The predicted molar refractivity (Wildman–Crippen MR) is 59.9 cm³/mol. The van der Waals surface area contributed by atoms with Crippen LogP contribution in [0.3, 0.4) is 0 Å². The van der Waals surface area contributed by atoms with E-state index in [4.69, 9.17) is 0 Å². The first-order valence-corrected chi connectivity index (χ1v) is 4.85. The van der Waals surface area contributed by atoms with Gasteiger partial charge in [-0.05, 0) is 28.4 Å². The van der Waals surface area contributed by atoms with E-state index in [1.807, 2.05) is 25.9 Å². The van der Waals surface area contributed by atoms with Crippen molar-refractivity contribution in [1.82, 2.24) is 0 Å². The van der Waals surface area contributed by atoms with Gasteiger partial charge < -0.3 is 4.90 Å². The average Bonchev–Trinajstić information content (AvgIpc) is 2.02. The van der Waals surface area contributed by atoms with Crippen LogP contribution in [0.5, 0.6) is 0 Å². The highest BCUT2D eigenvalue weighted by molar-refractivity contribution is 9.10. The van der Waals surface area contributed by atoms with E-state index in [2.05, 4.69) is 15.9 Å². The lowest BCUT2D eigenvalue weighted by atomic mass is 10.1. The van der Waals surface area contributed by atoms with Gasteiger partial charge in [-0.2, -0.15) is 0 Å². The van der Waals surface area contributed by atoms with Gasteiger partial charge in [0, 0.05) is 20.2 Å². The Kier molecular flexibility index (Phi) is 3.10.